The van der Waals surface area contributed by atoms with Gasteiger partial charge in [0.05, 0.1) is 29.7 Å². The highest BCUT2D eigenvalue weighted by molar-refractivity contribution is 5.93. The average Bonchev–Trinajstić information content (AvgIpc) is 2.83. The van der Waals surface area contributed by atoms with Gasteiger partial charge in [0.15, 0.2) is 0 Å². The van der Waals surface area contributed by atoms with E-state index in [9.17, 15) is 9.59 Å². The van der Waals surface area contributed by atoms with Crippen molar-refractivity contribution in [1.82, 2.24) is 24.8 Å². The highest BCUT2D eigenvalue weighted by Crippen LogP contribution is 2.38. The third kappa shape index (κ3) is 4.94. The molecule has 5 rings (SSSR count). The molecule has 206 valence electrons. The molecule has 0 saturated carbocycles. The maximum atomic E-state index is 12.5. The predicted octanol–water partition coefficient (Wildman–Crippen LogP) is 3.76. The van der Waals surface area contributed by atoms with Crippen molar-refractivity contribution in [2.45, 2.75) is 57.8 Å². The molecule has 0 unspecified atom stereocenters. The Morgan fingerprint density at radius 3 is 2.56 bits per heavy atom. The topological polar surface area (TPSA) is 136 Å². The monoisotopic (exact) mass is 533 g/mol. The molecule has 2 amide bonds. The number of aromatic nitrogens is 3. The summed E-state index contributed by atoms with van der Waals surface area (Å²) in [6.45, 7) is 10.6. The van der Waals surface area contributed by atoms with Crippen molar-refractivity contribution >= 4 is 34.4 Å². The predicted molar refractivity (Wildman–Crippen MR) is 147 cm³/mol. The second-order valence-corrected chi connectivity index (χ2v) is 11.6. The lowest BCUT2D eigenvalue weighted by Gasteiger charge is -2.40. The summed E-state index contributed by atoms with van der Waals surface area (Å²) in [5.74, 6) is 1.13. The molecule has 3 aromatic heterocycles. The van der Waals surface area contributed by atoms with Gasteiger partial charge in [-0.3, -0.25) is 0 Å². The minimum atomic E-state index is -0.667. The largest absolute Gasteiger partial charge is 0.470 e. The molecule has 11 nitrogen and oxygen atoms in total. The number of fused-ring (bicyclic) bond motifs is 2. The molecule has 11 heteroatoms. The van der Waals surface area contributed by atoms with Crippen molar-refractivity contribution in [3.05, 3.63) is 47.4 Å². The number of rotatable bonds is 5. The Labute approximate surface area is 227 Å². The van der Waals surface area contributed by atoms with Crippen LogP contribution in [-0.4, -0.2) is 75.6 Å². The molecule has 2 aliphatic rings. The van der Waals surface area contributed by atoms with Crippen LogP contribution in [0.4, 0.5) is 16.4 Å². The fraction of sp³-hybridized carbons (Fsp3) is 0.464. The van der Waals surface area contributed by atoms with Gasteiger partial charge in [0.1, 0.15) is 23.3 Å². The first-order valence-corrected chi connectivity index (χ1v) is 13.0. The highest BCUT2D eigenvalue weighted by Gasteiger charge is 2.40. The Balaban J connectivity index is 1.44. The van der Waals surface area contributed by atoms with E-state index < -0.39 is 11.1 Å². The number of nitrogens with zero attached hydrogens (tertiary/aromatic N) is 5. The Kier molecular flexibility index (Phi) is 6.37. The normalized spacial score (nSPS) is 18.7. The molecule has 3 N–H and O–H groups in total. The Morgan fingerprint density at radius 1 is 1.18 bits per heavy atom. The number of nitrogens with two attached hydrogens (primary N) is 1. The lowest BCUT2D eigenvalue weighted by molar-refractivity contribution is -0.0189. The maximum Gasteiger partial charge on any atom is 0.340 e. The second-order valence-electron chi connectivity index (χ2n) is 11.6. The van der Waals surface area contributed by atoms with E-state index in [2.05, 4.69) is 15.3 Å². The lowest BCUT2D eigenvalue weighted by Crippen LogP contribution is -2.58. The summed E-state index contributed by atoms with van der Waals surface area (Å²) in [5, 5.41) is 4.85. The molecular weight excluding hydrogens is 498 g/mol. The fourth-order valence-electron chi connectivity index (χ4n) is 4.79. The van der Waals surface area contributed by atoms with Crippen LogP contribution in [0.5, 0.6) is 5.88 Å². The second kappa shape index (κ2) is 9.33. The first-order valence-electron chi connectivity index (χ1n) is 13.0. The van der Waals surface area contributed by atoms with Crippen molar-refractivity contribution in [1.29, 1.82) is 0 Å². The molecular formula is C28H35N7O4. The van der Waals surface area contributed by atoms with Crippen LogP contribution in [0.15, 0.2) is 30.6 Å². The molecule has 0 aliphatic carbocycles. The maximum absolute atomic E-state index is 12.5. The number of hydrogen-bond acceptors (Lipinski definition) is 9. The third-order valence-electron chi connectivity index (χ3n) is 7.42. The van der Waals surface area contributed by atoms with Gasteiger partial charge in [-0.1, -0.05) is 6.92 Å². The smallest absolute Gasteiger partial charge is 0.340 e. The molecule has 3 aromatic rings. The van der Waals surface area contributed by atoms with Crippen LogP contribution in [0, 0.1) is 0 Å². The van der Waals surface area contributed by atoms with E-state index >= 15 is 0 Å². The van der Waals surface area contributed by atoms with Crippen LogP contribution in [0.3, 0.4) is 0 Å². The zero-order valence-electron chi connectivity index (χ0n) is 23.4. The number of cyclic esters (lactones) is 1. The van der Waals surface area contributed by atoms with Gasteiger partial charge in [0.25, 0.3) is 0 Å². The van der Waals surface area contributed by atoms with Crippen molar-refractivity contribution in [3.8, 4) is 5.88 Å². The summed E-state index contributed by atoms with van der Waals surface area (Å²) in [6.07, 6.45) is 3.28. The molecule has 0 spiro atoms. The Morgan fingerprint density at radius 2 is 1.90 bits per heavy atom. The summed E-state index contributed by atoms with van der Waals surface area (Å²) in [7, 11) is 3.45. The van der Waals surface area contributed by atoms with Gasteiger partial charge < -0.3 is 30.3 Å². The van der Waals surface area contributed by atoms with Crippen LogP contribution < -0.4 is 15.8 Å². The number of anilines is 2. The number of amides is 2. The van der Waals surface area contributed by atoms with Gasteiger partial charge in [-0.05, 0) is 56.8 Å². The fourth-order valence-corrected chi connectivity index (χ4v) is 4.79. The molecule has 39 heavy (non-hydrogen) atoms. The van der Waals surface area contributed by atoms with Gasteiger partial charge >= 0.3 is 12.0 Å². The third-order valence-corrected chi connectivity index (χ3v) is 7.42. The van der Waals surface area contributed by atoms with Crippen molar-refractivity contribution in [3.63, 3.8) is 0 Å². The number of hydrogen-bond donors (Lipinski definition) is 2. The summed E-state index contributed by atoms with van der Waals surface area (Å²) in [4.78, 5) is 41.8. The molecule has 1 saturated heterocycles. The highest BCUT2D eigenvalue weighted by atomic mass is 16.6. The van der Waals surface area contributed by atoms with Gasteiger partial charge in [-0.25, -0.2) is 24.5 Å². The SMILES string of the molecule is C[C@@H]1c2nc(Nc3cc4c(C(C)(C)N)cnc(OC5CN(C(=O)N(C)C)C5)c4cn3)ccc2C(=O)OC1(C)C. The number of likely N-dealkylation sites (tertiary alicyclic amines) is 1. The van der Waals surface area contributed by atoms with Crippen LogP contribution in [0.2, 0.25) is 0 Å². The van der Waals surface area contributed by atoms with Crippen LogP contribution >= 0.6 is 0 Å². The molecule has 1 fully saturated rings. The minimum Gasteiger partial charge on any atom is -0.470 e. The van der Waals surface area contributed by atoms with E-state index in [4.69, 9.17) is 20.2 Å². The van der Waals surface area contributed by atoms with Gasteiger partial charge in [0.2, 0.25) is 5.88 Å². The zero-order valence-corrected chi connectivity index (χ0v) is 23.4. The Hall–Kier alpha value is -3.99. The minimum absolute atomic E-state index is 0.0454. The number of carbonyl (C=O) groups excluding carboxylic acids is 2. The van der Waals surface area contributed by atoms with E-state index in [0.717, 1.165) is 16.3 Å². The lowest BCUT2D eigenvalue weighted by atomic mass is 9.84. The average molecular weight is 534 g/mol. The van der Waals surface area contributed by atoms with Gasteiger partial charge in [-0.2, -0.15) is 0 Å². The summed E-state index contributed by atoms with van der Waals surface area (Å²) in [6, 6.07) is 5.33. The number of urea groups is 1. The molecule has 0 bridgehead atoms. The van der Waals surface area contributed by atoms with Crippen molar-refractivity contribution in [2.75, 3.05) is 32.5 Å². The molecule has 0 aromatic carbocycles. The van der Waals surface area contributed by atoms with E-state index in [-0.39, 0.29) is 24.0 Å². The van der Waals surface area contributed by atoms with E-state index in [0.29, 0.717) is 41.9 Å². The standard InChI is InChI=1S/C28H35N7O4/c1-15-23-17(25(36)39-28(15,4)5)8-9-21(33-23)32-22-10-18-19(11-30-22)24(31-12-20(18)27(2,3)29)38-16-13-35(14-16)26(37)34(6)7/h8-12,15-16H,13-14,29H2,1-7H3,(H,30,32,33)/t15-/m1/s1. The summed E-state index contributed by atoms with van der Waals surface area (Å²) < 4.78 is 11.8. The van der Waals surface area contributed by atoms with Gasteiger partial charge in [-0.15, -0.1) is 0 Å². The first kappa shape index (κ1) is 26.6. The number of carbonyl (C=O) groups is 2. The van der Waals surface area contributed by atoms with Crippen LogP contribution in [0.1, 0.15) is 62.2 Å². The summed E-state index contributed by atoms with van der Waals surface area (Å²) in [5.41, 5.74) is 7.18. The number of ether oxygens (including phenoxy) is 2. The molecule has 1 atom stereocenters. The van der Waals surface area contributed by atoms with E-state index in [1.807, 2.05) is 40.7 Å². The van der Waals surface area contributed by atoms with Crippen molar-refractivity contribution < 1.29 is 19.1 Å². The molecule has 2 aliphatic heterocycles. The number of nitrogens with one attached hydrogen (secondary N) is 1. The van der Waals surface area contributed by atoms with Crippen LogP contribution in [0.25, 0.3) is 10.8 Å². The Bertz CT molecular complexity index is 1460. The first-order chi connectivity index (χ1) is 18.2. The summed E-state index contributed by atoms with van der Waals surface area (Å²) >= 11 is 0. The number of esters is 1. The van der Waals surface area contributed by atoms with E-state index in [1.165, 1.54) is 0 Å². The van der Waals surface area contributed by atoms with Gasteiger partial charge in [0, 0.05) is 37.9 Å². The molecule has 0 radical (unpaired) electrons. The number of pyridine rings is 3. The van der Waals surface area contributed by atoms with Crippen molar-refractivity contribution in [2.24, 2.45) is 5.73 Å². The van der Waals surface area contributed by atoms with E-state index in [1.54, 1.807) is 48.4 Å². The van der Waals surface area contributed by atoms with Crippen LogP contribution in [-0.2, 0) is 10.3 Å². The zero-order chi connectivity index (χ0) is 28.3. The quantitative estimate of drug-likeness (QED) is 0.470. The molecule has 5 heterocycles.